The smallest absolute Gasteiger partial charge is 0.329 e. The number of fused-ring (bicyclic) bond motifs is 1. The third-order valence-electron chi connectivity index (χ3n) is 5.28. The summed E-state index contributed by atoms with van der Waals surface area (Å²) in [7, 11) is 0. The van der Waals surface area contributed by atoms with E-state index in [0.717, 1.165) is 17.5 Å². The van der Waals surface area contributed by atoms with Crippen LogP contribution in [0.4, 0.5) is 0 Å². The number of nitrogens with zero attached hydrogens (tertiary/aromatic N) is 2. The van der Waals surface area contributed by atoms with Crippen molar-refractivity contribution in [1.29, 1.82) is 0 Å². The van der Waals surface area contributed by atoms with Crippen molar-refractivity contribution in [3.63, 3.8) is 0 Å². The third-order valence-corrected chi connectivity index (χ3v) is 6.53. The van der Waals surface area contributed by atoms with Crippen LogP contribution < -0.4 is 5.56 Å². The SMILES string of the molecule is CCc1ccc(-c2csc3ncn(C(C)C(=O)OCc4ccccc4Cl)c(=O)c23)cc1. The number of hydrogen-bond acceptors (Lipinski definition) is 5. The van der Waals surface area contributed by atoms with Crippen LogP contribution in [0.5, 0.6) is 0 Å². The van der Waals surface area contributed by atoms with Crippen molar-refractivity contribution >= 4 is 39.1 Å². The first-order valence-corrected chi connectivity index (χ1v) is 11.2. The maximum Gasteiger partial charge on any atom is 0.329 e. The summed E-state index contributed by atoms with van der Waals surface area (Å²) in [6.07, 6.45) is 2.36. The molecule has 4 aromatic rings. The van der Waals surface area contributed by atoms with Crippen LogP contribution in [0.15, 0.2) is 65.0 Å². The van der Waals surface area contributed by atoms with Gasteiger partial charge in [0, 0.05) is 21.5 Å². The summed E-state index contributed by atoms with van der Waals surface area (Å²) >= 11 is 7.54. The maximum atomic E-state index is 13.3. The molecule has 1 unspecified atom stereocenters. The molecule has 2 aromatic heterocycles. The van der Waals surface area contributed by atoms with E-state index >= 15 is 0 Å². The molecule has 2 heterocycles. The van der Waals surface area contributed by atoms with E-state index in [4.69, 9.17) is 16.3 Å². The van der Waals surface area contributed by atoms with Gasteiger partial charge < -0.3 is 4.74 Å². The Hall–Kier alpha value is -2.96. The van der Waals surface area contributed by atoms with Crippen LogP contribution in [-0.4, -0.2) is 15.5 Å². The monoisotopic (exact) mass is 452 g/mol. The average Bonchev–Trinajstić information content (AvgIpc) is 3.23. The van der Waals surface area contributed by atoms with E-state index in [1.54, 1.807) is 19.1 Å². The second-order valence-electron chi connectivity index (χ2n) is 7.21. The Morgan fingerprint density at radius 2 is 1.94 bits per heavy atom. The van der Waals surface area contributed by atoms with Gasteiger partial charge in [0.05, 0.1) is 11.7 Å². The van der Waals surface area contributed by atoms with Gasteiger partial charge >= 0.3 is 5.97 Å². The number of aryl methyl sites for hydroxylation is 1. The highest BCUT2D eigenvalue weighted by Crippen LogP contribution is 2.31. The molecule has 0 spiro atoms. The van der Waals surface area contributed by atoms with Gasteiger partial charge in [-0.15, -0.1) is 11.3 Å². The minimum absolute atomic E-state index is 0.0424. The maximum absolute atomic E-state index is 13.3. The molecule has 0 saturated heterocycles. The molecule has 7 heteroatoms. The molecule has 31 heavy (non-hydrogen) atoms. The summed E-state index contributed by atoms with van der Waals surface area (Å²) < 4.78 is 6.73. The van der Waals surface area contributed by atoms with Crippen molar-refractivity contribution in [2.45, 2.75) is 32.9 Å². The fraction of sp³-hybridized carbons (Fsp3) is 0.208. The van der Waals surface area contributed by atoms with Crippen LogP contribution in [0.1, 0.15) is 31.0 Å². The molecule has 0 aliphatic carbocycles. The van der Waals surface area contributed by atoms with Crippen molar-refractivity contribution < 1.29 is 9.53 Å². The largest absolute Gasteiger partial charge is 0.459 e. The predicted molar refractivity (Wildman–Crippen MR) is 125 cm³/mol. The lowest BCUT2D eigenvalue weighted by Gasteiger charge is -2.15. The fourth-order valence-corrected chi connectivity index (χ4v) is 4.45. The van der Waals surface area contributed by atoms with Crippen LogP contribution >= 0.6 is 22.9 Å². The molecular formula is C24H21ClN2O3S. The van der Waals surface area contributed by atoms with Crippen LogP contribution in [-0.2, 0) is 22.6 Å². The Kier molecular flexibility index (Phi) is 6.20. The van der Waals surface area contributed by atoms with Gasteiger partial charge in [-0.1, -0.05) is 61.0 Å². The topological polar surface area (TPSA) is 61.2 Å². The van der Waals surface area contributed by atoms with Crippen LogP contribution in [0, 0.1) is 0 Å². The molecule has 158 valence electrons. The summed E-state index contributed by atoms with van der Waals surface area (Å²) in [5.41, 5.74) is 3.46. The number of ether oxygens (including phenoxy) is 1. The van der Waals surface area contributed by atoms with Gasteiger partial charge in [0.2, 0.25) is 0 Å². The number of benzene rings is 2. The fourth-order valence-electron chi connectivity index (χ4n) is 3.35. The molecule has 0 N–H and O–H groups in total. The summed E-state index contributed by atoms with van der Waals surface area (Å²) in [6.45, 7) is 3.77. The van der Waals surface area contributed by atoms with E-state index in [9.17, 15) is 9.59 Å². The molecule has 0 amide bonds. The molecule has 0 saturated carbocycles. The number of rotatable bonds is 6. The second-order valence-corrected chi connectivity index (χ2v) is 8.48. The molecular weight excluding hydrogens is 432 g/mol. The Labute approximate surface area is 188 Å². The highest BCUT2D eigenvalue weighted by atomic mass is 35.5. The number of carbonyl (C=O) groups excluding carboxylic acids is 1. The number of halogens is 1. The minimum atomic E-state index is -0.817. The highest BCUT2D eigenvalue weighted by Gasteiger charge is 2.21. The Morgan fingerprint density at radius 3 is 2.65 bits per heavy atom. The van der Waals surface area contributed by atoms with Crippen molar-refractivity contribution in [3.05, 3.63) is 86.7 Å². The first kappa shape index (κ1) is 21.3. The van der Waals surface area contributed by atoms with Gasteiger partial charge in [0.1, 0.15) is 17.5 Å². The van der Waals surface area contributed by atoms with Gasteiger partial charge in [-0.3, -0.25) is 9.36 Å². The summed E-state index contributed by atoms with van der Waals surface area (Å²) in [5, 5.41) is 2.98. The van der Waals surface area contributed by atoms with E-state index in [1.165, 1.54) is 27.8 Å². The van der Waals surface area contributed by atoms with Crippen molar-refractivity contribution in [2.24, 2.45) is 0 Å². The highest BCUT2D eigenvalue weighted by molar-refractivity contribution is 7.17. The lowest BCUT2D eigenvalue weighted by molar-refractivity contribution is -0.148. The molecule has 0 fully saturated rings. The normalized spacial score (nSPS) is 12.1. The Morgan fingerprint density at radius 1 is 1.19 bits per heavy atom. The van der Waals surface area contributed by atoms with Gasteiger partial charge in [0.15, 0.2) is 0 Å². The predicted octanol–water partition coefficient (Wildman–Crippen LogP) is 5.65. The molecule has 0 aliphatic heterocycles. The second kappa shape index (κ2) is 9.04. The van der Waals surface area contributed by atoms with E-state index in [2.05, 4.69) is 24.0 Å². The summed E-state index contributed by atoms with van der Waals surface area (Å²) in [5.74, 6) is -0.521. The molecule has 2 aromatic carbocycles. The van der Waals surface area contributed by atoms with Crippen molar-refractivity contribution in [2.75, 3.05) is 0 Å². The zero-order chi connectivity index (χ0) is 22.0. The lowest BCUT2D eigenvalue weighted by atomic mass is 10.0. The number of thiophene rings is 1. The molecule has 0 radical (unpaired) electrons. The summed E-state index contributed by atoms with van der Waals surface area (Å²) in [6, 6.07) is 14.5. The van der Waals surface area contributed by atoms with Gasteiger partial charge in [0.25, 0.3) is 5.56 Å². The molecule has 0 aliphatic rings. The first-order valence-electron chi connectivity index (χ1n) is 9.97. The number of esters is 1. The quantitative estimate of drug-likeness (QED) is 0.355. The standard InChI is InChI=1S/C24H21ClN2O3S/c1-3-16-8-10-17(11-9-16)19-13-31-22-21(19)23(28)27(14-26-22)15(2)24(29)30-12-18-6-4-5-7-20(18)25/h4-11,13-15H,3,12H2,1-2H3. The lowest BCUT2D eigenvalue weighted by Crippen LogP contribution is -2.29. The van der Waals surface area contributed by atoms with Crippen LogP contribution in [0.3, 0.4) is 0 Å². The first-order chi connectivity index (χ1) is 15.0. The number of aromatic nitrogens is 2. The zero-order valence-electron chi connectivity index (χ0n) is 17.2. The van der Waals surface area contributed by atoms with Crippen LogP contribution in [0.25, 0.3) is 21.3 Å². The average molecular weight is 453 g/mol. The minimum Gasteiger partial charge on any atom is -0.459 e. The van der Waals surface area contributed by atoms with Gasteiger partial charge in [-0.05, 0) is 30.5 Å². The third kappa shape index (κ3) is 4.27. The van der Waals surface area contributed by atoms with Gasteiger partial charge in [-0.25, -0.2) is 9.78 Å². The van der Waals surface area contributed by atoms with Crippen molar-refractivity contribution in [3.8, 4) is 11.1 Å². The molecule has 0 bridgehead atoms. The summed E-state index contributed by atoms with van der Waals surface area (Å²) in [4.78, 5) is 31.0. The zero-order valence-corrected chi connectivity index (χ0v) is 18.7. The Balaban J connectivity index is 1.63. The van der Waals surface area contributed by atoms with E-state index < -0.39 is 12.0 Å². The van der Waals surface area contributed by atoms with E-state index in [0.29, 0.717) is 20.8 Å². The van der Waals surface area contributed by atoms with Gasteiger partial charge in [-0.2, -0.15) is 0 Å². The Bertz CT molecular complexity index is 1290. The van der Waals surface area contributed by atoms with E-state index in [-0.39, 0.29) is 12.2 Å². The number of carbonyl (C=O) groups is 1. The van der Waals surface area contributed by atoms with Crippen molar-refractivity contribution in [1.82, 2.24) is 9.55 Å². The van der Waals surface area contributed by atoms with Crippen LogP contribution in [0.2, 0.25) is 5.02 Å². The molecule has 4 rings (SSSR count). The molecule has 5 nitrogen and oxygen atoms in total. The van der Waals surface area contributed by atoms with E-state index in [1.807, 2.05) is 29.6 Å². The molecule has 1 atom stereocenters. The number of hydrogen-bond donors (Lipinski definition) is 0.